The van der Waals surface area contributed by atoms with Crippen LogP contribution in [0.15, 0.2) is 112 Å². The number of nitrogens with one attached hydrogen (secondary N) is 1. The summed E-state index contributed by atoms with van der Waals surface area (Å²) in [4.78, 5) is 43.6. The molecule has 0 spiro atoms. The topological polar surface area (TPSA) is 119 Å². The summed E-state index contributed by atoms with van der Waals surface area (Å²) in [5, 5.41) is 25.9. The van der Waals surface area contributed by atoms with Crippen molar-refractivity contribution in [3.8, 4) is 5.69 Å². The highest BCUT2D eigenvalue weighted by molar-refractivity contribution is 9.10. The summed E-state index contributed by atoms with van der Waals surface area (Å²) in [6.07, 6.45) is 4.10. The lowest BCUT2D eigenvalue weighted by Crippen LogP contribution is -2.46. The number of aliphatic hydroxyl groups excluding tert-OH is 1. The molecular formula is C38H35BrN4O5. The molecule has 1 aromatic heterocycles. The van der Waals surface area contributed by atoms with Crippen molar-refractivity contribution >= 4 is 44.3 Å². The summed E-state index contributed by atoms with van der Waals surface area (Å²) in [6.45, 7) is 2.29. The van der Waals surface area contributed by atoms with Crippen LogP contribution in [0.4, 0.5) is 5.69 Å². The SMILES string of the molecule is C[C@H](/C=C/CC(=O)N1Cc2ccccc2C[C@H]1CO)[C@@]1(O)C(=O)N(Cc2ccc(-n3[nH]c4ccccc4c3=O)cc2)c2ccc(Br)cc21. The van der Waals surface area contributed by atoms with E-state index in [1.54, 1.807) is 41.0 Å². The third-order valence-corrected chi connectivity index (χ3v) is 10.1. The number of benzene rings is 4. The maximum absolute atomic E-state index is 14.1. The summed E-state index contributed by atoms with van der Waals surface area (Å²) < 4.78 is 2.22. The number of amides is 2. The smallest absolute Gasteiger partial charge is 0.279 e. The van der Waals surface area contributed by atoms with Crippen LogP contribution in [0, 0.1) is 5.92 Å². The van der Waals surface area contributed by atoms with Gasteiger partial charge in [-0.05, 0) is 65.6 Å². The number of aromatic amines is 1. The molecule has 3 heterocycles. The van der Waals surface area contributed by atoms with Gasteiger partial charge in [-0.1, -0.05) is 83.5 Å². The molecule has 0 unspecified atom stereocenters. The highest BCUT2D eigenvalue weighted by Crippen LogP contribution is 2.46. The Hall–Kier alpha value is -4.77. The van der Waals surface area contributed by atoms with E-state index in [1.807, 2.05) is 78.9 Å². The van der Waals surface area contributed by atoms with E-state index in [0.29, 0.717) is 35.3 Å². The minimum atomic E-state index is -1.85. The van der Waals surface area contributed by atoms with E-state index in [2.05, 4.69) is 21.0 Å². The van der Waals surface area contributed by atoms with Crippen LogP contribution >= 0.6 is 15.9 Å². The number of anilines is 1. The van der Waals surface area contributed by atoms with Gasteiger partial charge in [0.1, 0.15) is 0 Å². The highest BCUT2D eigenvalue weighted by atomic mass is 79.9. The Bertz CT molecular complexity index is 2120. The van der Waals surface area contributed by atoms with Gasteiger partial charge in [0.15, 0.2) is 5.60 Å². The molecule has 0 saturated carbocycles. The number of aromatic nitrogens is 2. The Morgan fingerprint density at radius 2 is 1.75 bits per heavy atom. The van der Waals surface area contributed by atoms with E-state index < -0.39 is 17.4 Å². The third kappa shape index (κ3) is 5.49. The summed E-state index contributed by atoms with van der Waals surface area (Å²) in [6, 6.07) is 27.8. The molecule has 244 valence electrons. The van der Waals surface area contributed by atoms with Gasteiger partial charge in [-0.15, -0.1) is 0 Å². The van der Waals surface area contributed by atoms with Gasteiger partial charge >= 0.3 is 0 Å². The van der Waals surface area contributed by atoms with E-state index in [9.17, 15) is 24.6 Å². The summed E-state index contributed by atoms with van der Waals surface area (Å²) in [5.41, 5.74) is 3.55. The van der Waals surface area contributed by atoms with Gasteiger partial charge in [0.05, 0.1) is 41.5 Å². The number of carbonyl (C=O) groups is 2. The van der Waals surface area contributed by atoms with Crippen molar-refractivity contribution in [2.45, 2.75) is 44.5 Å². The largest absolute Gasteiger partial charge is 0.394 e. The van der Waals surface area contributed by atoms with Gasteiger partial charge in [0.2, 0.25) is 5.91 Å². The van der Waals surface area contributed by atoms with E-state index in [0.717, 1.165) is 26.7 Å². The van der Waals surface area contributed by atoms with Crippen LogP contribution in [0.25, 0.3) is 16.6 Å². The highest BCUT2D eigenvalue weighted by Gasteiger charge is 2.52. The molecule has 0 saturated heterocycles. The first kappa shape index (κ1) is 31.8. The first-order valence-corrected chi connectivity index (χ1v) is 16.8. The average molecular weight is 708 g/mol. The van der Waals surface area contributed by atoms with Gasteiger partial charge in [-0.2, -0.15) is 0 Å². The quantitative estimate of drug-likeness (QED) is 0.188. The van der Waals surface area contributed by atoms with Crippen LogP contribution in [0.2, 0.25) is 0 Å². The third-order valence-electron chi connectivity index (χ3n) is 9.62. The van der Waals surface area contributed by atoms with Gasteiger partial charge in [-0.25, -0.2) is 4.68 Å². The lowest BCUT2D eigenvalue weighted by atomic mass is 9.83. The minimum Gasteiger partial charge on any atom is -0.394 e. The van der Waals surface area contributed by atoms with Crippen molar-refractivity contribution in [1.29, 1.82) is 0 Å². The number of rotatable bonds is 8. The van der Waals surface area contributed by atoms with Crippen LogP contribution in [-0.2, 0) is 34.7 Å². The molecule has 2 aliphatic rings. The molecule has 0 fully saturated rings. The Kier molecular flexibility index (Phi) is 8.41. The van der Waals surface area contributed by atoms with Crippen LogP contribution in [-0.4, -0.2) is 49.4 Å². The number of aliphatic hydroxyl groups is 2. The Balaban J connectivity index is 1.09. The number of halogens is 1. The second-order valence-corrected chi connectivity index (χ2v) is 13.5. The molecule has 0 bridgehead atoms. The van der Waals surface area contributed by atoms with E-state index in [4.69, 9.17) is 0 Å². The predicted octanol–water partition coefficient (Wildman–Crippen LogP) is 5.34. The van der Waals surface area contributed by atoms with Crippen molar-refractivity contribution < 1.29 is 19.8 Å². The van der Waals surface area contributed by atoms with Crippen LogP contribution in [0.3, 0.4) is 0 Å². The lowest BCUT2D eigenvalue weighted by Gasteiger charge is -2.36. The lowest BCUT2D eigenvalue weighted by molar-refractivity contribution is -0.139. The fourth-order valence-electron chi connectivity index (χ4n) is 6.92. The fraction of sp³-hybridized carbons (Fsp3) is 0.237. The van der Waals surface area contributed by atoms with Gasteiger partial charge < -0.3 is 20.0 Å². The molecule has 7 rings (SSSR count). The van der Waals surface area contributed by atoms with E-state index in [1.165, 1.54) is 4.68 Å². The van der Waals surface area contributed by atoms with E-state index in [-0.39, 0.29) is 37.1 Å². The summed E-state index contributed by atoms with van der Waals surface area (Å²) >= 11 is 3.50. The molecule has 10 heteroatoms. The van der Waals surface area contributed by atoms with Crippen molar-refractivity contribution in [3.63, 3.8) is 0 Å². The van der Waals surface area contributed by atoms with Crippen molar-refractivity contribution in [1.82, 2.24) is 14.7 Å². The molecule has 2 amide bonds. The van der Waals surface area contributed by atoms with Crippen LogP contribution < -0.4 is 10.5 Å². The standard InChI is InChI=1S/C38H35BrN4O5/c1-24(7-6-12-35(45)41-22-27-9-3-2-8-26(27)19-30(41)23-44)38(48)32-20-28(39)15-18-34(32)42(37(38)47)21-25-13-16-29(17-14-25)43-36(46)31-10-4-5-11-33(31)40-43/h2-11,13-18,20,24,30,40,44,48H,12,19,21-23H2,1H3/b7-6+/t24-,30+,38+/m1/s1. The fourth-order valence-corrected chi connectivity index (χ4v) is 7.28. The van der Waals surface area contributed by atoms with Gasteiger partial charge in [0, 0.05) is 28.9 Å². The summed E-state index contributed by atoms with van der Waals surface area (Å²) in [7, 11) is 0. The number of hydrogen-bond acceptors (Lipinski definition) is 5. The normalized spacial score (nSPS) is 19.6. The molecule has 4 aromatic carbocycles. The monoisotopic (exact) mass is 706 g/mol. The van der Waals surface area contributed by atoms with Gasteiger partial charge in [-0.3, -0.25) is 19.5 Å². The molecule has 0 radical (unpaired) electrons. The zero-order valence-corrected chi connectivity index (χ0v) is 27.9. The molecule has 3 N–H and O–H groups in total. The predicted molar refractivity (Wildman–Crippen MR) is 188 cm³/mol. The molecule has 2 aliphatic heterocycles. The maximum Gasteiger partial charge on any atom is 0.279 e. The molecular weight excluding hydrogens is 672 g/mol. The molecule has 9 nitrogen and oxygen atoms in total. The second kappa shape index (κ2) is 12.7. The van der Waals surface area contributed by atoms with E-state index >= 15 is 0 Å². The number of fused-ring (bicyclic) bond motifs is 3. The van der Waals surface area contributed by atoms with Crippen molar-refractivity contribution in [3.05, 3.63) is 140 Å². The van der Waals surface area contributed by atoms with Crippen LogP contribution in [0.5, 0.6) is 0 Å². The molecule has 0 aliphatic carbocycles. The molecule has 5 aromatic rings. The Labute approximate surface area is 285 Å². The Morgan fingerprint density at radius 1 is 1.02 bits per heavy atom. The van der Waals surface area contributed by atoms with Gasteiger partial charge in [0.25, 0.3) is 11.5 Å². The zero-order valence-electron chi connectivity index (χ0n) is 26.3. The number of hydrogen-bond donors (Lipinski definition) is 3. The minimum absolute atomic E-state index is 0.0775. The average Bonchev–Trinajstić information content (AvgIpc) is 3.55. The maximum atomic E-state index is 14.1. The first-order chi connectivity index (χ1) is 23.2. The number of H-pyrrole nitrogens is 1. The molecule has 3 atom stereocenters. The Morgan fingerprint density at radius 3 is 2.50 bits per heavy atom. The summed E-state index contributed by atoms with van der Waals surface area (Å²) in [5.74, 6) is -1.23. The first-order valence-electron chi connectivity index (χ1n) is 16.0. The number of carbonyl (C=O) groups excluding carboxylic acids is 2. The van der Waals surface area contributed by atoms with Crippen molar-refractivity contribution in [2.24, 2.45) is 5.92 Å². The number of para-hydroxylation sites is 1. The van der Waals surface area contributed by atoms with Crippen LogP contribution in [0.1, 0.15) is 35.6 Å². The molecule has 48 heavy (non-hydrogen) atoms. The van der Waals surface area contributed by atoms with Crippen molar-refractivity contribution in [2.75, 3.05) is 11.5 Å². The number of nitrogens with zero attached hydrogens (tertiary/aromatic N) is 3. The second-order valence-electron chi connectivity index (χ2n) is 12.5. The zero-order chi connectivity index (χ0) is 33.6.